The normalized spacial score (nSPS) is 20.6. The maximum absolute atomic E-state index is 12.2. The zero-order chi connectivity index (χ0) is 12.3. The van der Waals surface area contributed by atoms with Gasteiger partial charge in [0, 0.05) is 13.1 Å². The highest BCUT2D eigenvalue weighted by molar-refractivity contribution is 7.17. The Hall–Kier alpha value is -0.580. The summed E-state index contributed by atoms with van der Waals surface area (Å²) in [4.78, 5) is 14.9. The lowest BCUT2D eigenvalue weighted by atomic mass is 9.98. The average Bonchev–Trinajstić information content (AvgIpc) is 2.76. The van der Waals surface area contributed by atoms with Crippen molar-refractivity contribution in [3.63, 3.8) is 0 Å². The number of rotatable bonds is 3. The van der Waals surface area contributed by atoms with E-state index in [-0.39, 0.29) is 5.91 Å². The summed E-state index contributed by atoms with van der Waals surface area (Å²) in [6.07, 6.45) is 2.30. The van der Waals surface area contributed by atoms with Crippen LogP contribution >= 0.6 is 22.9 Å². The Balaban J connectivity index is 1.99. The monoisotopic (exact) mass is 272 g/mol. The molecule has 1 aliphatic rings. The maximum atomic E-state index is 12.2. The molecule has 1 amide bonds. The van der Waals surface area contributed by atoms with Crippen LogP contribution in [0.1, 0.15) is 22.5 Å². The van der Waals surface area contributed by atoms with Crippen molar-refractivity contribution in [2.75, 3.05) is 26.7 Å². The van der Waals surface area contributed by atoms with Crippen LogP contribution in [-0.2, 0) is 0 Å². The van der Waals surface area contributed by atoms with Crippen LogP contribution in [0, 0.1) is 5.92 Å². The molecule has 0 saturated carbocycles. The number of nitrogens with one attached hydrogen (secondary N) is 1. The van der Waals surface area contributed by atoms with Gasteiger partial charge in [-0.1, -0.05) is 11.6 Å². The van der Waals surface area contributed by atoms with Gasteiger partial charge in [0.05, 0.1) is 9.21 Å². The first-order chi connectivity index (χ1) is 8.20. The lowest BCUT2D eigenvalue weighted by molar-refractivity contribution is 0.0679. The molecule has 1 saturated heterocycles. The lowest BCUT2D eigenvalue weighted by Crippen LogP contribution is -2.42. The van der Waals surface area contributed by atoms with Crippen LogP contribution in [-0.4, -0.2) is 37.5 Å². The molecule has 94 valence electrons. The zero-order valence-electron chi connectivity index (χ0n) is 9.91. The molecule has 1 aromatic heterocycles. The maximum Gasteiger partial charge on any atom is 0.263 e. The van der Waals surface area contributed by atoms with Crippen molar-refractivity contribution < 1.29 is 4.79 Å². The first kappa shape index (κ1) is 12.9. The van der Waals surface area contributed by atoms with Crippen LogP contribution in [0.25, 0.3) is 0 Å². The Bertz CT molecular complexity index is 392. The van der Waals surface area contributed by atoms with E-state index in [0.29, 0.717) is 10.3 Å². The van der Waals surface area contributed by atoms with Crippen molar-refractivity contribution >= 4 is 28.8 Å². The molecule has 2 rings (SSSR count). The first-order valence-electron chi connectivity index (χ1n) is 5.90. The van der Waals surface area contributed by atoms with Crippen LogP contribution in [0.2, 0.25) is 4.34 Å². The molecule has 5 heteroatoms. The Kier molecular flexibility index (Phi) is 4.42. The minimum atomic E-state index is 0.128. The first-order valence-corrected chi connectivity index (χ1v) is 7.09. The van der Waals surface area contributed by atoms with Gasteiger partial charge in [-0.15, -0.1) is 11.3 Å². The van der Waals surface area contributed by atoms with E-state index in [1.807, 2.05) is 18.0 Å². The van der Waals surface area contributed by atoms with Crippen LogP contribution in [0.4, 0.5) is 0 Å². The second kappa shape index (κ2) is 5.85. The Labute approximate surface area is 111 Å². The van der Waals surface area contributed by atoms with Gasteiger partial charge in [-0.25, -0.2) is 0 Å². The molecule has 17 heavy (non-hydrogen) atoms. The van der Waals surface area contributed by atoms with Crippen molar-refractivity contribution in [2.45, 2.75) is 12.8 Å². The van der Waals surface area contributed by atoms with Crippen molar-refractivity contribution in [1.82, 2.24) is 10.2 Å². The fraction of sp³-hybridized carbons (Fsp3) is 0.583. The second-order valence-corrected chi connectivity index (χ2v) is 6.14. The largest absolute Gasteiger partial charge is 0.338 e. The van der Waals surface area contributed by atoms with Crippen molar-refractivity contribution in [3.8, 4) is 0 Å². The molecule has 3 nitrogen and oxygen atoms in total. The summed E-state index contributed by atoms with van der Waals surface area (Å²) in [5.74, 6) is 0.704. The third kappa shape index (κ3) is 3.21. The molecule has 1 atom stereocenters. The predicted molar refractivity (Wildman–Crippen MR) is 71.9 cm³/mol. The molecule has 1 fully saturated rings. The number of piperidine rings is 1. The van der Waals surface area contributed by atoms with E-state index in [1.165, 1.54) is 17.8 Å². The average molecular weight is 273 g/mol. The van der Waals surface area contributed by atoms with Gasteiger partial charge in [0.15, 0.2) is 0 Å². The molecule has 0 bridgehead atoms. The molecule has 0 spiro atoms. The number of nitrogens with zero attached hydrogens (tertiary/aromatic N) is 1. The summed E-state index contributed by atoms with van der Waals surface area (Å²) in [6.45, 7) is 2.71. The summed E-state index contributed by atoms with van der Waals surface area (Å²) < 4.78 is 0.678. The molecule has 1 unspecified atom stereocenters. The molecule has 1 aliphatic heterocycles. The minimum absolute atomic E-state index is 0.128. The Morgan fingerprint density at radius 1 is 1.65 bits per heavy atom. The fourth-order valence-electron chi connectivity index (χ4n) is 2.29. The van der Waals surface area contributed by atoms with Gasteiger partial charge in [-0.05, 0) is 44.5 Å². The van der Waals surface area contributed by atoms with Crippen molar-refractivity contribution in [1.29, 1.82) is 0 Å². The van der Waals surface area contributed by atoms with Gasteiger partial charge in [0.1, 0.15) is 0 Å². The van der Waals surface area contributed by atoms with Crippen molar-refractivity contribution in [3.05, 3.63) is 21.3 Å². The molecule has 0 aromatic carbocycles. The van der Waals surface area contributed by atoms with E-state index in [9.17, 15) is 4.79 Å². The smallest absolute Gasteiger partial charge is 0.263 e. The van der Waals surface area contributed by atoms with Crippen LogP contribution in [0.3, 0.4) is 0 Å². The molecular formula is C12H17ClN2OS. The van der Waals surface area contributed by atoms with E-state index < -0.39 is 0 Å². The fourth-order valence-corrected chi connectivity index (χ4v) is 3.30. The van der Waals surface area contributed by atoms with Crippen LogP contribution in [0.5, 0.6) is 0 Å². The Morgan fingerprint density at radius 3 is 3.12 bits per heavy atom. The number of halogens is 1. The third-order valence-corrected chi connectivity index (χ3v) is 4.30. The van der Waals surface area contributed by atoms with Gasteiger partial charge in [-0.2, -0.15) is 0 Å². The summed E-state index contributed by atoms with van der Waals surface area (Å²) in [6, 6.07) is 3.60. The van der Waals surface area contributed by atoms with Gasteiger partial charge >= 0.3 is 0 Å². The van der Waals surface area contributed by atoms with Gasteiger partial charge in [-0.3, -0.25) is 4.79 Å². The highest BCUT2D eigenvalue weighted by atomic mass is 35.5. The van der Waals surface area contributed by atoms with E-state index in [0.717, 1.165) is 30.9 Å². The van der Waals surface area contributed by atoms with Gasteiger partial charge < -0.3 is 10.2 Å². The number of carbonyl (C=O) groups excluding carboxylic acids is 1. The third-order valence-electron chi connectivity index (χ3n) is 3.08. The molecule has 0 aliphatic carbocycles. The summed E-state index contributed by atoms with van der Waals surface area (Å²) in [5.41, 5.74) is 0. The summed E-state index contributed by atoms with van der Waals surface area (Å²) in [5, 5.41) is 3.18. The van der Waals surface area contributed by atoms with Crippen LogP contribution in [0.15, 0.2) is 12.1 Å². The topological polar surface area (TPSA) is 32.3 Å². The number of amides is 1. The molecule has 2 heterocycles. The molecular weight excluding hydrogens is 256 g/mol. The van der Waals surface area contributed by atoms with E-state index >= 15 is 0 Å². The highest BCUT2D eigenvalue weighted by Crippen LogP contribution is 2.25. The van der Waals surface area contributed by atoms with E-state index in [2.05, 4.69) is 5.32 Å². The zero-order valence-corrected chi connectivity index (χ0v) is 11.5. The number of thiophene rings is 1. The quantitative estimate of drug-likeness (QED) is 0.917. The van der Waals surface area contributed by atoms with Gasteiger partial charge in [0.2, 0.25) is 0 Å². The summed E-state index contributed by atoms with van der Waals surface area (Å²) in [7, 11) is 1.96. The minimum Gasteiger partial charge on any atom is -0.338 e. The van der Waals surface area contributed by atoms with E-state index in [4.69, 9.17) is 11.6 Å². The highest BCUT2D eigenvalue weighted by Gasteiger charge is 2.24. The van der Waals surface area contributed by atoms with Gasteiger partial charge in [0.25, 0.3) is 5.91 Å². The van der Waals surface area contributed by atoms with E-state index in [1.54, 1.807) is 6.07 Å². The SMILES string of the molecule is CNCC1CCCN(C(=O)c2ccc(Cl)s2)C1. The summed E-state index contributed by atoms with van der Waals surface area (Å²) >= 11 is 7.22. The predicted octanol–water partition coefficient (Wildman–Crippen LogP) is 2.47. The standard InChI is InChI=1S/C12H17ClN2OS/c1-14-7-9-3-2-6-15(8-9)12(16)10-4-5-11(13)17-10/h4-5,9,14H,2-3,6-8H2,1H3. The number of carbonyl (C=O) groups is 1. The second-order valence-electron chi connectivity index (χ2n) is 4.42. The van der Waals surface area contributed by atoms with Crippen LogP contribution < -0.4 is 5.32 Å². The molecule has 1 N–H and O–H groups in total. The Morgan fingerprint density at radius 2 is 2.47 bits per heavy atom. The number of hydrogen-bond donors (Lipinski definition) is 1. The number of hydrogen-bond acceptors (Lipinski definition) is 3. The molecule has 1 aromatic rings. The lowest BCUT2D eigenvalue weighted by Gasteiger charge is -2.32. The van der Waals surface area contributed by atoms with Crippen molar-refractivity contribution in [2.24, 2.45) is 5.92 Å². The molecule has 0 radical (unpaired) electrons. The number of likely N-dealkylation sites (tertiary alicyclic amines) is 1.